The number of halogens is 1. The molecule has 0 spiro atoms. The molecular formula is C27H18FN2O2. The number of hydrogen-bond donors (Lipinski definition) is 1. The molecule has 5 rings (SSSR count). The van der Waals surface area contributed by atoms with Crippen LogP contribution in [0.5, 0.6) is 0 Å². The zero-order valence-corrected chi connectivity index (χ0v) is 17.0. The van der Waals surface area contributed by atoms with E-state index in [1.807, 2.05) is 47.0 Å². The van der Waals surface area contributed by atoms with Crippen LogP contribution in [0.15, 0.2) is 84.9 Å². The zero-order valence-electron chi connectivity index (χ0n) is 17.0. The van der Waals surface area contributed by atoms with Gasteiger partial charge in [-0.3, -0.25) is 9.59 Å². The van der Waals surface area contributed by atoms with E-state index < -0.39 is 11.7 Å². The van der Waals surface area contributed by atoms with E-state index in [1.165, 1.54) is 6.07 Å². The van der Waals surface area contributed by atoms with E-state index in [2.05, 4.69) is 6.07 Å². The minimum atomic E-state index is -0.581. The number of benzene rings is 4. The van der Waals surface area contributed by atoms with Crippen LogP contribution in [0.3, 0.4) is 0 Å². The molecule has 4 nitrogen and oxygen atoms in total. The molecule has 0 atom stereocenters. The van der Waals surface area contributed by atoms with Crippen LogP contribution in [-0.4, -0.2) is 16.3 Å². The maximum absolute atomic E-state index is 14.0. The van der Waals surface area contributed by atoms with Crippen LogP contribution in [0.1, 0.15) is 31.8 Å². The highest BCUT2D eigenvalue weighted by Gasteiger charge is 2.18. The molecule has 1 heterocycles. The number of primary amides is 1. The minimum absolute atomic E-state index is 0.0545. The normalized spacial score (nSPS) is 11.2. The van der Waals surface area contributed by atoms with Crippen LogP contribution in [-0.2, 0) is 6.54 Å². The quantitative estimate of drug-likeness (QED) is 0.401. The number of carbonyl (C=O) groups is 2. The van der Waals surface area contributed by atoms with Crippen molar-refractivity contribution in [2.75, 3.05) is 0 Å². The fourth-order valence-electron chi connectivity index (χ4n) is 4.16. The molecule has 5 heteroatoms. The van der Waals surface area contributed by atoms with Crippen LogP contribution in [0.25, 0.3) is 21.8 Å². The summed E-state index contributed by atoms with van der Waals surface area (Å²) in [6.45, 7) is 0.428. The lowest BCUT2D eigenvalue weighted by molar-refractivity contribution is 0.1000. The molecule has 0 aliphatic carbocycles. The van der Waals surface area contributed by atoms with Crippen molar-refractivity contribution in [3.63, 3.8) is 0 Å². The van der Waals surface area contributed by atoms with Crippen molar-refractivity contribution in [3.8, 4) is 0 Å². The number of amides is 1. The second kappa shape index (κ2) is 7.78. The van der Waals surface area contributed by atoms with Gasteiger partial charge in [-0.2, -0.15) is 0 Å². The van der Waals surface area contributed by atoms with E-state index in [0.29, 0.717) is 34.0 Å². The Balaban J connectivity index is 1.64. The Morgan fingerprint density at radius 2 is 1.59 bits per heavy atom. The standard InChI is InChI=1S/C27H18FN2O2/c28-20-12-13-23-22(15-20)25-21(27(29)32)10-5-11-24(25)30(23)16-17-6-4-9-19(14-17)26(31)18-7-2-1-3-8-18/h1-14H,16H2,(H2,29,32). The molecule has 1 aromatic heterocycles. The van der Waals surface area contributed by atoms with Crippen molar-refractivity contribution in [1.82, 2.24) is 4.57 Å². The largest absolute Gasteiger partial charge is 0.366 e. The Morgan fingerprint density at radius 3 is 2.38 bits per heavy atom. The molecule has 32 heavy (non-hydrogen) atoms. The highest BCUT2D eigenvalue weighted by molar-refractivity contribution is 6.17. The van der Waals surface area contributed by atoms with Gasteiger partial charge in [-0.05, 0) is 35.9 Å². The van der Waals surface area contributed by atoms with E-state index in [0.717, 1.165) is 16.6 Å². The van der Waals surface area contributed by atoms with Gasteiger partial charge in [0.25, 0.3) is 0 Å². The maximum Gasteiger partial charge on any atom is 0.249 e. The van der Waals surface area contributed by atoms with Gasteiger partial charge in [0, 0.05) is 40.1 Å². The maximum atomic E-state index is 14.0. The van der Waals surface area contributed by atoms with Gasteiger partial charge in [0.2, 0.25) is 5.91 Å². The summed E-state index contributed by atoms with van der Waals surface area (Å²) in [5.74, 6) is -1.14. The van der Waals surface area contributed by atoms with Crippen LogP contribution in [0.2, 0.25) is 0 Å². The summed E-state index contributed by atoms with van der Waals surface area (Å²) in [7, 11) is 0. The molecule has 0 saturated carbocycles. The van der Waals surface area contributed by atoms with Crippen molar-refractivity contribution >= 4 is 33.5 Å². The summed E-state index contributed by atoms with van der Waals surface area (Å²) < 4.78 is 16.0. The number of hydrogen-bond acceptors (Lipinski definition) is 2. The van der Waals surface area contributed by atoms with Crippen molar-refractivity contribution in [1.29, 1.82) is 0 Å². The lowest BCUT2D eigenvalue weighted by Crippen LogP contribution is -2.11. The SMILES string of the molecule is NC(=O)c1cccc2c1c1[c]c(F)ccc1n2Cc1cccc(C(=O)c2ccccc2)c1. The van der Waals surface area contributed by atoms with Crippen LogP contribution in [0, 0.1) is 11.9 Å². The number of ketones is 1. The van der Waals surface area contributed by atoms with Gasteiger partial charge >= 0.3 is 0 Å². The average molecular weight is 421 g/mol. The smallest absolute Gasteiger partial charge is 0.249 e. The first-order valence-electron chi connectivity index (χ1n) is 10.1. The third-order valence-corrected chi connectivity index (χ3v) is 5.59. The number of rotatable bonds is 5. The molecule has 1 amide bonds. The zero-order chi connectivity index (χ0) is 22.2. The van der Waals surface area contributed by atoms with Gasteiger partial charge < -0.3 is 10.3 Å². The summed E-state index contributed by atoms with van der Waals surface area (Å²) in [5, 5.41) is 1.08. The Labute approximate surface area is 183 Å². The highest BCUT2D eigenvalue weighted by atomic mass is 19.1. The lowest BCUT2D eigenvalue weighted by Gasteiger charge is -2.10. The molecule has 0 saturated heterocycles. The molecular weight excluding hydrogens is 403 g/mol. The van der Waals surface area contributed by atoms with E-state index in [4.69, 9.17) is 5.73 Å². The third-order valence-electron chi connectivity index (χ3n) is 5.59. The predicted molar refractivity (Wildman–Crippen MR) is 122 cm³/mol. The van der Waals surface area contributed by atoms with E-state index >= 15 is 0 Å². The highest BCUT2D eigenvalue weighted by Crippen LogP contribution is 2.32. The molecule has 0 aliphatic rings. The second-order valence-corrected chi connectivity index (χ2v) is 7.61. The van der Waals surface area contributed by atoms with Gasteiger partial charge in [0.1, 0.15) is 5.82 Å². The molecule has 2 N–H and O–H groups in total. The molecule has 1 radical (unpaired) electrons. The minimum Gasteiger partial charge on any atom is -0.366 e. The van der Waals surface area contributed by atoms with Crippen molar-refractivity contribution in [2.45, 2.75) is 6.54 Å². The summed E-state index contributed by atoms with van der Waals surface area (Å²) in [6.07, 6.45) is 0. The van der Waals surface area contributed by atoms with Crippen LogP contribution >= 0.6 is 0 Å². The first kappa shape index (κ1) is 19.7. The summed E-state index contributed by atoms with van der Waals surface area (Å²) in [6, 6.07) is 27.6. The summed E-state index contributed by atoms with van der Waals surface area (Å²) in [4.78, 5) is 24.9. The molecule has 0 unspecified atom stereocenters. The Kier molecular flexibility index (Phi) is 4.79. The van der Waals surface area contributed by atoms with Gasteiger partial charge in [-0.25, -0.2) is 4.39 Å². The molecule has 0 fully saturated rings. The number of fused-ring (bicyclic) bond motifs is 3. The van der Waals surface area contributed by atoms with Gasteiger partial charge in [-0.1, -0.05) is 54.6 Å². The fraction of sp³-hybridized carbons (Fsp3) is 0.0370. The summed E-state index contributed by atoms with van der Waals surface area (Å²) >= 11 is 0. The molecule has 155 valence electrons. The predicted octanol–water partition coefficient (Wildman–Crippen LogP) is 5.11. The monoisotopic (exact) mass is 421 g/mol. The first-order chi connectivity index (χ1) is 15.5. The number of aromatic nitrogens is 1. The summed E-state index contributed by atoms with van der Waals surface area (Å²) in [5.41, 5.74) is 9.50. The van der Waals surface area contributed by atoms with Crippen LogP contribution in [0.4, 0.5) is 4.39 Å². The lowest BCUT2D eigenvalue weighted by atomic mass is 10.0. The Morgan fingerprint density at radius 1 is 0.844 bits per heavy atom. The number of nitrogens with two attached hydrogens (primary N) is 1. The number of carbonyl (C=O) groups excluding carboxylic acids is 2. The average Bonchev–Trinajstić information content (AvgIpc) is 3.12. The Bertz CT molecular complexity index is 1500. The first-order valence-corrected chi connectivity index (χ1v) is 10.1. The van der Waals surface area contributed by atoms with E-state index in [1.54, 1.807) is 36.4 Å². The molecule has 0 bridgehead atoms. The topological polar surface area (TPSA) is 65.1 Å². The van der Waals surface area contributed by atoms with E-state index in [9.17, 15) is 14.0 Å². The third kappa shape index (κ3) is 3.34. The Hall–Kier alpha value is -4.25. The van der Waals surface area contributed by atoms with Gasteiger partial charge in [0.05, 0.1) is 11.0 Å². The van der Waals surface area contributed by atoms with Crippen LogP contribution < -0.4 is 5.73 Å². The molecule has 0 aliphatic heterocycles. The van der Waals surface area contributed by atoms with E-state index in [-0.39, 0.29) is 5.78 Å². The van der Waals surface area contributed by atoms with Gasteiger partial charge in [0.15, 0.2) is 5.78 Å². The fourth-order valence-corrected chi connectivity index (χ4v) is 4.16. The molecule has 5 aromatic rings. The van der Waals surface area contributed by atoms with Gasteiger partial charge in [-0.15, -0.1) is 0 Å². The van der Waals surface area contributed by atoms with Crippen molar-refractivity contribution in [3.05, 3.63) is 119 Å². The molecule has 4 aromatic carbocycles. The second-order valence-electron chi connectivity index (χ2n) is 7.61. The van der Waals surface area contributed by atoms with Crippen molar-refractivity contribution in [2.24, 2.45) is 5.73 Å². The van der Waals surface area contributed by atoms with Crippen molar-refractivity contribution < 1.29 is 14.0 Å². The number of nitrogens with zero attached hydrogens (tertiary/aromatic N) is 1.